The molecule has 0 spiro atoms. The van der Waals surface area contributed by atoms with Crippen LogP contribution in [0.25, 0.3) is 11.4 Å². The van der Waals surface area contributed by atoms with Gasteiger partial charge in [0, 0.05) is 42.6 Å². The number of hydrogen-bond acceptors (Lipinski definition) is 5. The lowest BCUT2D eigenvalue weighted by atomic mass is 10.0. The molecule has 1 aliphatic rings. The Hall–Kier alpha value is -2.57. The summed E-state index contributed by atoms with van der Waals surface area (Å²) in [5.74, 6) is 0.505. The minimum absolute atomic E-state index is 0.0811. The second-order valence-electron chi connectivity index (χ2n) is 6.46. The summed E-state index contributed by atoms with van der Waals surface area (Å²) in [5.41, 5.74) is 4.48. The molecule has 0 bridgehead atoms. The van der Waals surface area contributed by atoms with E-state index in [0.717, 1.165) is 34.9 Å². The number of aromatic amines is 1. The molecule has 4 rings (SSSR count). The average molecular weight is 368 g/mol. The highest BCUT2D eigenvalue weighted by molar-refractivity contribution is 6.31. The van der Waals surface area contributed by atoms with Crippen LogP contribution in [0, 0.1) is 6.92 Å². The molecule has 1 aliphatic heterocycles. The van der Waals surface area contributed by atoms with Crippen LogP contribution in [-0.4, -0.2) is 31.4 Å². The van der Waals surface area contributed by atoms with Crippen LogP contribution >= 0.6 is 11.6 Å². The van der Waals surface area contributed by atoms with E-state index in [-0.39, 0.29) is 5.56 Å². The van der Waals surface area contributed by atoms with Crippen molar-refractivity contribution in [3.8, 4) is 11.4 Å². The van der Waals surface area contributed by atoms with Gasteiger partial charge in [0.25, 0.3) is 5.56 Å². The van der Waals surface area contributed by atoms with E-state index in [2.05, 4.69) is 37.8 Å². The minimum atomic E-state index is -0.0811. The minimum Gasteiger partial charge on any atom is -0.306 e. The van der Waals surface area contributed by atoms with Crippen molar-refractivity contribution >= 4 is 11.6 Å². The number of halogens is 1. The molecule has 0 saturated carbocycles. The number of aromatic nitrogens is 4. The number of benzene rings is 1. The molecule has 3 aromatic rings. The van der Waals surface area contributed by atoms with Crippen molar-refractivity contribution in [1.29, 1.82) is 0 Å². The molecule has 0 saturated heterocycles. The molecule has 0 unspecified atom stereocenters. The van der Waals surface area contributed by atoms with E-state index in [1.807, 2.05) is 12.1 Å². The Morgan fingerprint density at radius 3 is 2.85 bits per heavy atom. The first-order valence-corrected chi connectivity index (χ1v) is 8.83. The maximum atomic E-state index is 12.5. The smallest absolute Gasteiger partial charge is 0.254 e. The van der Waals surface area contributed by atoms with Crippen molar-refractivity contribution in [3.63, 3.8) is 0 Å². The normalized spacial score (nSPS) is 14.2. The zero-order valence-electron chi connectivity index (χ0n) is 14.4. The van der Waals surface area contributed by atoms with Crippen molar-refractivity contribution < 1.29 is 0 Å². The van der Waals surface area contributed by atoms with E-state index in [1.165, 1.54) is 11.9 Å². The zero-order valence-corrected chi connectivity index (χ0v) is 15.1. The fourth-order valence-electron chi connectivity index (χ4n) is 3.28. The quantitative estimate of drug-likeness (QED) is 0.770. The molecule has 1 aromatic carbocycles. The van der Waals surface area contributed by atoms with E-state index in [9.17, 15) is 4.79 Å². The summed E-state index contributed by atoms with van der Waals surface area (Å²) in [5, 5.41) is 0.775. The predicted octanol–water partition coefficient (Wildman–Crippen LogP) is 2.75. The Balaban J connectivity index is 1.64. The molecule has 2 aromatic heterocycles. The Morgan fingerprint density at radius 1 is 1.27 bits per heavy atom. The third kappa shape index (κ3) is 3.25. The number of nitrogens with one attached hydrogen (secondary N) is 1. The third-order valence-electron chi connectivity index (χ3n) is 4.72. The summed E-state index contributed by atoms with van der Waals surface area (Å²) < 4.78 is 0. The van der Waals surface area contributed by atoms with Crippen LogP contribution in [0.5, 0.6) is 0 Å². The maximum absolute atomic E-state index is 12.5. The molecule has 3 heterocycles. The van der Waals surface area contributed by atoms with E-state index < -0.39 is 0 Å². The van der Waals surface area contributed by atoms with Gasteiger partial charge in [0.05, 0.1) is 11.3 Å². The molecule has 6 nitrogen and oxygen atoms in total. The van der Waals surface area contributed by atoms with Crippen LogP contribution in [0.4, 0.5) is 0 Å². The van der Waals surface area contributed by atoms with Crippen LogP contribution in [0.15, 0.2) is 41.7 Å². The van der Waals surface area contributed by atoms with Gasteiger partial charge in [-0.1, -0.05) is 23.7 Å². The topological polar surface area (TPSA) is 74.8 Å². The number of aryl methyl sites for hydroxylation is 1. The first-order chi connectivity index (χ1) is 12.6. The van der Waals surface area contributed by atoms with Gasteiger partial charge in [-0.2, -0.15) is 0 Å². The van der Waals surface area contributed by atoms with Gasteiger partial charge in [0.2, 0.25) is 0 Å². The molecule has 0 radical (unpaired) electrons. The molecule has 0 aliphatic carbocycles. The van der Waals surface area contributed by atoms with Gasteiger partial charge >= 0.3 is 0 Å². The Morgan fingerprint density at radius 2 is 2.08 bits per heavy atom. The fourth-order valence-corrected chi connectivity index (χ4v) is 3.56. The summed E-state index contributed by atoms with van der Waals surface area (Å²) in [6.07, 6.45) is 5.41. The molecule has 1 N–H and O–H groups in total. The van der Waals surface area contributed by atoms with Gasteiger partial charge in [-0.15, -0.1) is 0 Å². The number of hydrogen-bond donors (Lipinski definition) is 1. The first-order valence-electron chi connectivity index (χ1n) is 8.45. The van der Waals surface area contributed by atoms with Crippen molar-refractivity contribution in [2.24, 2.45) is 0 Å². The first kappa shape index (κ1) is 16.9. The molecule has 26 heavy (non-hydrogen) atoms. The third-order valence-corrected chi connectivity index (χ3v) is 5.08. The Labute approximate surface area is 155 Å². The lowest BCUT2D eigenvalue weighted by Crippen LogP contribution is -2.35. The molecule has 0 fully saturated rings. The molecular formula is C19H18ClN5O. The highest BCUT2D eigenvalue weighted by atomic mass is 35.5. The van der Waals surface area contributed by atoms with Gasteiger partial charge < -0.3 is 4.98 Å². The fraction of sp³-hybridized carbons (Fsp3) is 0.263. The summed E-state index contributed by atoms with van der Waals surface area (Å²) in [6, 6.07) is 5.94. The molecular weight excluding hydrogens is 350 g/mol. The number of nitrogens with zero attached hydrogens (tertiary/aromatic N) is 4. The number of fused-ring (bicyclic) bond motifs is 1. The van der Waals surface area contributed by atoms with Crippen molar-refractivity contribution in [2.75, 3.05) is 6.54 Å². The highest BCUT2D eigenvalue weighted by Crippen LogP contribution is 2.24. The van der Waals surface area contributed by atoms with Gasteiger partial charge in [0.1, 0.15) is 12.2 Å². The van der Waals surface area contributed by atoms with Crippen LogP contribution in [0.1, 0.15) is 22.4 Å². The van der Waals surface area contributed by atoms with E-state index in [4.69, 9.17) is 11.6 Å². The van der Waals surface area contributed by atoms with Crippen molar-refractivity contribution in [1.82, 2.24) is 24.8 Å². The highest BCUT2D eigenvalue weighted by Gasteiger charge is 2.22. The zero-order chi connectivity index (χ0) is 18.1. The van der Waals surface area contributed by atoms with Crippen LogP contribution < -0.4 is 5.56 Å². The van der Waals surface area contributed by atoms with Crippen molar-refractivity contribution in [3.05, 3.63) is 74.7 Å². The van der Waals surface area contributed by atoms with Crippen LogP contribution in [0.2, 0.25) is 5.02 Å². The van der Waals surface area contributed by atoms with Crippen molar-refractivity contribution in [2.45, 2.75) is 26.4 Å². The summed E-state index contributed by atoms with van der Waals surface area (Å²) in [7, 11) is 0. The second-order valence-corrected chi connectivity index (χ2v) is 6.87. The van der Waals surface area contributed by atoms with E-state index in [1.54, 1.807) is 12.4 Å². The second kappa shape index (κ2) is 6.97. The summed E-state index contributed by atoms with van der Waals surface area (Å²) in [6.45, 7) is 4.22. The molecule has 0 atom stereocenters. The van der Waals surface area contributed by atoms with E-state index >= 15 is 0 Å². The number of rotatable bonds is 3. The van der Waals surface area contributed by atoms with Gasteiger partial charge in [-0.3, -0.25) is 9.69 Å². The van der Waals surface area contributed by atoms with Crippen LogP contribution in [0.3, 0.4) is 0 Å². The summed E-state index contributed by atoms with van der Waals surface area (Å²) >= 11 is 6.37. The standard InChI is InChI=1S/C19H18ClN5O/c1-12-3-2-4-16(20)15(12)9-25-6-5-14-17(10-25)23-18(24-19(14)26)13-7-21-11-22-8-13/h2-4,7-8,11H,5-6,9-10H2,1H3,(H,23,24,26). The monoisotopic (exact) mass is 367 g/mol. The largest absolute Gasteiger partial charge is 0.306 e. The van der Waals surface area contributed by atoms with E-state index in [0.29, 0.717) is 24.4 Å². The molecule has 7 heteroatoms. The lowest BCUT2D eigenvalue weighted by molar-refractivity contribution is 0.240. The predicted molar refractivity (Wildman–Crippen MR) is 99.9 cm³/mol. The maximum Gasteiger partial charge on any atom is 0.254 e. The number of H-pyrrole nitrogens is 1. The van der Waals surface area contributed by atoms with Crippen LogP contribution in [-0.2, 0) is 19.5 Å². The Bertz CT molecular complexity index is 982. The summed E-state index contributed by atoms with van der Waals surface area (Å²) in [4.78, 5) is 30.2. The Kier molecular flexibility index (Phi) is 4.53. The SMILES string of the molecule is Cc1cccc(Cl)c1CN1CCc2c(nc(-c3cncnc3)[nH]c2=O)C1. The van der Waals surface area contributed by atoms with Gasteiger partial charge in [0.15, 0.2) is 0 Å². The lowest BCUT2D eigenvalue weighted by Gasteiger charge is -2.28. The molecule has 0 amide bonds. The molecule has 132 valence electrons. The average Bonchev–Trinajstić information content (AvgIpc) is 2.65. The van der Waals surface area contributed by atoms with Gasteiger partial charge in [-0.25, -0.2) is 15.0 Å². The van der Waals surface area contributed by atoms with Gasteiger partial charge in [-0.05, 0) is 30.5 Å².